The lowest BCUT2D eigenvalue weighted by Gasteiger charge is -2.18. The summed E-state index contributed by atoms with van der Waals surface area (Å²) >= 11 is 0. The largest absolute Gasteiger partial charge is 0.494 e. The molecule has 1 atom stereocenters. The van der Waals surface area contributed by atoms with Crippen LogP contribution in [0.1, 0.15) is 20.3 Å². The van der Waals surface area contributed by atoms with E-state index in [0.717, 1.165) is 5.39 Å². The highest BCUT2D eigenvalue weighted by atomic mass is 19.1. The summed E-state index contributed by atoms with van der Waals surface area (Å²) < 4.78 is 18.9. The van der Waals surface area contributed by atoms with Crippen molar-refractivity contribution in [1.29, 1.82) is 0 Å². The van der Waals surface area contributed by atoms with Gasteiger partial charge in [-0.2, -0.15) is 0 Å². The van der Waals surface area contributed by atoms with Crippen molar-refractivity contribution in [3.8, 4) is 5.75 Å². The van der Waals surface area contributed by atoms with Gasteiger partial charge in [0.05, 0.1) is 7.11 Å². The Hall–Kier alpha value is -2.37. The number of rotatable bonds is 6. The predicted octanol–water partition coefficient (Wildman–Crippen LogP) is 3.29. The van der Waals surface area contributed by atoms with Gasteiger partial charge in [0.25, 0.3) is 0 Å². The van der Waals surface area contributed by atoms with Crippen molar-refractivity contribution >= 4 is 22.6 Å². The first-order chi connectivity index (χ1) is 10.4. The van der Waals surface area contributed by atoms with Crippen LogP contribution in [0.15, 0.2) is 24.4 Å². The molecular formula is C16H19FN2O3. The second kappa shape index (κ2) is 6.60. The standard InChI is InChI=1S/C16H19FN2O3/c1-9(2)6-13(16(20)21)19-15-11-8-12(17)14(22-3)7-10(11)4-5-18-15/h4-5,7-9,13H,6H2,1-3H3,(H,18,19)(H,20,21)/t13-/m1/s1. The van der Waals surface area contributed by atoms with Gasteiger partial charge in [-0.25, -0.2) is 14.2 Å². The van der Waals surface area contributed by atoms with Crippen molar-refractivity contribution in [1.82, 2.24) is 4.98 Å². The topological polar surface area (TPSA) is 71.5 Å². The highest BCUT2D eigenvalue weighted by Gasteiger charge is 2.20. The molecule has 0 bridgehead atoms. The van der Waals surface area contributed by atoms with E-state index in [0.29, 0.717) is 17.6 Å². The van der Waals surface area contributed by atoms with E-state index in [4.69, 9.17) is 4.74 Å². The van der Waals surface area contributed by atoms with E-state index < -0.39 is 17.8 Å². The lowest BCUT2D eigenvalue weighted by atomic mass is 10.0. The number of hydrogen-bond acceptors (Lipinski definition) is 4. The summed E-state index contributed by atoms with van der Waals surface area (Å²) in [6, 6.07) is 3.82. The van der Waals surface area contributed by atoms with E-state index in [1.807, 2.05) is 13.8 Å². The Morgan fingerprint density at radius 1 is 1.45 bits per heavy atom. The summed E-state index contributed by atoms with van der Waals surface area (Å²) in [7, 11) is 1.40. The first kappa shape index (κ1) is 16.0. The molecule has 0 unspecified atom stereocenters. The van der Waals surface area contributed by atoms with Gasteiger partial charge in [0.1, 0.15) is 11.9 Å². The molecule has 1 heterocycles. The third-order valence-electron chi connectivity index (χ3n) is 3.35. The van der Waals surface area contributed by atoms with E-state index >= 15 is 0 Å². The number of aliphatic carboxylic acids is 1. The molecule has 0 spiro atoms. The number of ether oxygens (including phenoxy) is 1. The fourth-order valence-electron chi connectivity index (χ4n) is 2.30. The van der Waals surface area contributed by atoms with Crippen molar-refractivity contribution in [2.75, 3.05) is 12.4 Å². The number of carboxylic acid groups (broad SMARTS) is 1. The van der Waals surface area contributed by atoms with Crippen LogP contribution in [-0.2, 0) is 4.79 Å². The fourth-order valence-corrected chi connectivity index (χ4v) is 2.30. The first-order valence-corrected chi connectivity index (χ1v) is 7.04. The SMILES string of the molecule is COc1cc2ccnc(N[C@H](CC(C)C)C(=O)O)c2cc1F. The quantitative estimate of drug-likeness (QED) is 0.857. The highest BCUT2D eigenvalue weighted by molar-refractivity contribution is 5.94. The molecule has 2 N–H and O–H groups in total. The average molecular weight is 306 g/mol. The number of anilines is 1. The molecule has 5 nitrogen and oxygen atoms in total. The normalized spacial score (nSPS) is 12.4. The molecule has 2 aromatic rings. The van der Waals surface area contributed by atoms with E-state index in [1.165, 1.54) is 13.2 Å². The summed E-state index contributed by atoms with van der Waals surface area (Å²) in [4.78, 5) is 15.5. The lowest BCUT2D eigenvalue weighted by Crippen LogP contribution is -2.31. The van der Waals surface area contributed by atoms with Gasteiger partial charge in [-0.05, 0) is 35.9 Å². The minimum absolute atomic E-state index is 0.140. The molecular weight excluding hydrogens is 287 g/mol. The second-order valence-electron chi connectivity index (χ2n) is 5.53. The number of nitrogens with one attached hydrogen (secondary N) is 1. The van der Waals surface area contributed by atoms with Crippen LogP contribution in [0.3, 0.4) is 0 Å². The van der Waals surface area contributed by atoms with Crippen LogP contribution in [0.2, 0.25) is 0 Å². The molecule has 1 aromatic carbocycles. The molecule has 0 radical (unpaired) electrons. The van der Waals surface area contributed by atoms with Crippen molar-refractivity contribution in [3.05, 3.63) is 30.2 Å². The van der Waals surface area contributed by atoms with Crippen LogP contribution >= 0.6 is 0 Å². The van der Waals surface area contributed by atoms with Crippen LogP contribution in [-0.4, -0.2) is 29.2 Å². The zero-order chi connectivity index (χ0) is 16.3. The van der Waals surface area contributed by atoms with Crippen molar-refractivity contribution in [2.24, 2.45) is 5.92 Å². The van der Waals surface area contributed by atoms with Gasteiger partial charge in [0, 0.05) is 11.6 Å². The van der Waals surface area contributed by atoms with Crippen LogP contribution in [0.4, 0.5) is 10.2 Å². The first-order valence-electron chi connectivity index (χ1n) is 7.04. The third kappa shape index (κ3) is 3.44. The molecule has 1 aromatic heterocycles. The molecule has 22 heavy (non-hydrogen) atoms. The molecule has 118 valence electrons. The Morgan fingerprint density at radius 3 is 2.77 bits per heavy atom. The van der Waals surface area contributed by atoms with E-state index in [1.54, 1.807) is 18.3 Å². The van der Waals surface area contributed by atoms with Gasteiger partial charge in [-0.15, -0.1) is 0 Å². The Labute approximate surface area is 128 Å². The summed E-state index contributed by atoms with van der Waals surface area (Å²) in [5.74, 6) is -0.766. The summed E-state index contributed by atoms with van der Waals surface area (Å²) in [6.07, 6.45) is 2.00. The number of nitrogens with zero attached hydrogens (tertiary/aromatic N) is 1. The summed E-state index contributed by atoms with van der Waals surface area (Å²) in [5, 5.41) is 13.5. The highest BCUT2D eigenvalue weighted by Crippen LogP contribution is 2.29. The molecule has 2 rings (SSSR count). The fraction of sp³-hybridized carbons (Fsp3) is 0.375. The van der Waals surface area contributed by atoms with E-state index in [9.17, 15) is 14.3 Å². The lowest BCUT2D eigenvalue weighted by molar-refractivity contribution is -0.138. The number of benzene rings is 1. The Bertz CT molecular complexity index is 688. The van der Waals surface area contributed by atoms with Crippen molar-refractivity contribution in [2.45, 2.75) is 26.3 Å². The van der Waals surface area contributed by atoms with E-state index in [-0.39, 0.29) is 11.7 Å². The molecule has 0 saturated heterocycles. The van der Waals surface area contributed by atoms with Gasteiger partial charge >= 0.3 is 5.97 Å². The summed E-state index contributed by atoms with van der Waals surface area (Å²) in [5.41, 5.74) is 0. The zero-order valence-corrected chi connectivity index (χ0v) is 12.8. The Balaban J connectivity index is 2.42. The zero-order valence-electron chi connectivity index (χ0n) is 12.8. The van der Waals surface area contributed by atoms with Crippen LogP contribution in [0, 0.1) is 11.7 Å². The van der Waals surface area contributed by atoms with Gasteiger partial charge < -0.3 is 15.2 Å². The number of carbonyl (C=O) groups is 1. The third-order valence-corrected chi connectivity index (χ3v) is 3.35. The predicted molar refractivity (Wildman–Crippen MR) is 82.8 cm³/mol. The summed E-state index contributed by atoms with van der Waals surface area (Å²) in [6.45, 7) is 3.89. The molecule has 0 fully saturated rings. The van der Waals surface area contributed by atoms with Gasteiger partial charge in [0.15, 0.2) is 11.6 Å². The Morgan fingerprint density at radius 2 is 2.18 bits per heavy atom. The van der Waals surface area contributed by atoms with Gasteiger partial charge in [-0.1, -0.05) is 13.8 Å². The smallest absolute Gasteiger partial charge is 0.326 e. The molecule has 0 saturated carbocycles. The van der Waals surface area contributed by atoms with E-state index in [2.05, 4.69) is 10.3 Å². The number of fused-ring (bicyclic) bond motifs is 1. The van der Waals surface area contributed by atoms with Gasteiger partial charge in [0.2, 0.25) is 0 Å². The van der Waals surface area contributed by atoms with Gasteiger partial charge in [-0.3, -0.25) is 0 Å². The van der Waals surface area contributed by atoms with Crippen LogP contribution < -0.4 is 10.1 Å². The molecule has 0 aliphatic rings. The maximum atomic E-state index is 13.9. The molecule has 0 aliphatic carbocycles. The number of carboxylic acids is 1. The maximum absolute atomic E-state index is 13.9. The molecule has 6 heteroatoms. The minimum atomic E-state index is -0.957. The average Bonchev–Trinajstić information content (AvgIpc) is 2.46. The number of hydrogen-bond donors (Lipinski definition) is 2. The second-order valence-corrected chi connectivity index (χ2v) is 5.53. The molecule has 0 aliphatic heterocycles. The number of halogens is 1. The minimum Gasteiger partial charge on any atom is -0.494 e. The number of pyridine rings is 1. The number of methoxy groups -OCH3 is 1. The molecule has 0 amide bonds. The van der Waals surface area contributed by atoms with Crippen molar-refractivity contribution in [3.63, 3.8) is 0 Å². The van der Waals surface area contributed by atoms with Crippen LogP contribution in [0.5, 0.6) is 5.75 Å². The number of aromatic nitrogens is 1. The Kier molecular flexibility index (Phi) is 4.80. The monoisotopic (exact) mass is 306 g/mol. The van der Waals surface area contributed by atoms with Crippen LogP contribution in [0.25, 0.3) is 10.8 Å². The maximum Gasteiger partial charge on any atom is 0.326 e. The van der Waals surface area contributed by atoms with Crippen molar-refractivity contribution < 1.29 is 19.0 Å².